The summed E-state index contributed by atoms with van der Waals surface area (Å²) in [5.74, 6) is 0. The summed E-state index contributed by atoms with van der Waals surface area (Å²) < 4.78 is 0. The summed E-state index contributed by atoms with van der Waals surface area (Å²) in [6.07, 6.45) is 0. The number of hydrogen-bond donors (Lipinski definition) is 2. The second-order valence-corrected chi connectivity index (χ2v) is 3.23. The summed E-state index contributed by atoms with van der Waals surface area (Å²) in [6, 6.07) is 5.29. The van der Waals surface area contributed by atoms with E-state index in [1.165, 1.54) is 0 Å². The number of nitrogens with two attached hydrogens (primary N) is 1. The first kappa shape index (κ1) is 9.52. The van der Waals surface area contributed by atoms with Crippen LogP contribution in [-0.2, 0) is 6.61 Å². The van der Waals surface area contributed by atoms with E-state index in [2.05, 4.69) is 0 Å². The molecule has 66 valence electrons. The minimum atomic E-state index is -0.0654. The van der Waals surface area contributed by atoms with Gasteiger partial charge in [0.15, 0.2) is 0 Å². The second kappa shape index (κ2) is 3.90. The Hall–Kier alpha value is -0.570. The fraction of sp³-hybridized carbons (Fsp3) is 0.333. The topological polar surface area (TPSA) is 46.2 Å². The summed E-state index contributed by atoms with van der Waals surface area (Å²) in [6.45, 7) is 1.86. The van der Waals surface area contributed by atoms with Gasteiger partial charge in [0.05, 0.1) is 6.61 Å². The van der Waals surface area contributed by atoms with Crippen LogP contribution in [0.3, 0.4) is 0 Å². The van der Waals surface area contributed by atoms with Crippen molar-refractivity contribution in [1.29, 1.82) is 0 Å². The predicted octanol–water partition coefficient (Wildman–Crippen LogP) is 1.85. The van der Waals surface area contributed by atoms with Gasteiger partial charge in [0.2, 0.25) is 0 Å². The van der Waals surface area contributed by atoms with Gasteiger partial charge in [-0.05, 0) is 30.2 Å². The molecule has 3 heteroatoms. The van der Waals surface area contributed by atoms with Gasteiger partial charge in [-0.25, -0.2) is 0 Å². The van der Waals surface area contributed by atoms with Crippen molar-refractivity contribution in [1.82, 2.24) is 0 Å². The zero-order valence-corrected chi connectivity index (χ0v) is 7.67. The average molecular weight is 186 g/mol. The Morgan fingerprint density at radius 3 is 2.75 bits per heavy atom. The Kier molecular flexibility index (Phi) is 3.09. The minimum Gasteiger partial charge on any atom is -0.392 e. The maximum absolute atomic E-state index is 8.98. The lowest BCUT2D eigenvalue weighted by Crippen LogP contribution is -2.08. The van der Waals surface area contributed by atoms with Gasteiger partial charge in [0.1, 0.15) is 0 Å². The predicted molar refractivity (Wildman–Crippen MR) is 50.0 cm³/mol. The van der Waals surface area contributed by atoms with Crippen LogP contribution < -0.4 is 5.73 Å². The molecule has 0 bridgehead atoms. The SMILES string of the molecule is C[C@H](N)c1ccc(Cl)cc1CO. The molecule has 0 amide bonds. The zero-order chi connectivity index (χ0) is 9.14. The third-order valence-corrected chi connectivity index (χ3v) is 2.00. The lowest BCUT2D eigenvalue weighted by Gasteiger charge is -2.10. The van der Waals surface area contributed by atoms with Crippen LogP contribution in [0, 0.1) is 0 Å². The number of aliphatic hydroxyl groups excluding tert-OH is 1. The molecule has 1 aromatic rings. The first-order valence-corrected chi connectivity index (χ1v) is 4.17. The van der Waals surface area contributed by atoms with Gasteiger partial charge in [-0.2, -0.15) is 0 Å². The largest absolute Gasteiger partial charge is 0.392 e. The number of halogens is 1. The maximum Gasteiger partial charge on any atom is 0.0685 e. The molecule has 0 aliphatic heterocycles. The number of rotatable bonds is 2. The van der Waals surface area contributed by atoms with Crippen LogP contribution in [0.25, 0.3) is 0 Å². The maximum atomic E-state index is 8.98. The Balaban J connectivity index is 3.11. The van der Waals surface area contributed by atoms with Crippen LogP contribution in [0.1, 0.15) is 24.1 Å². The lowest BCUT2D eigenvalue weighted by atomic mass is 10.0. The number of benzene rings is 1. The molecule has 1 rings (SSSR count). The van der Waals surface area contributed by atoms with Crippen LogP contribution in [-0.4, -0.2) is 5.11 Å². The van der Waals surface area contributed by atoms with Crippen LogP contribution in [0.5, 0.6) is 0 Å². The third-order valence-electron chi connectivity index (χ3n) is 1.77. The van der Waals surface area contributed by atoms with Gasteiger partial charge in [-0.15, -0.1) is 0 Å². The van der Waals surface area contributed by atoms with Crippen molar-refractivity contribution < 1.29 is 5.11 Å². The van der Waals surface area contributed by atoms with Crippen molar-refractivity contribution >= 4 is 11.6 Å². The van der Waals surface area contributed by atoms with Crippen molar-refractivity contribution in [3.63, 3.8) is 0 Å². The monoisotopic (exact) mass is 185 g/mol. The van der Waals surface area contributed by atoms with Gasteiger partial charge in [-0.3, -0.25) is 0 Å². The zero-order valence-electron chi connectivity index (χ0n) is 6.92. The second-order valence-electron chi connectivity index (χ2n) is 2.79. The number of aliphatic hydroxyl groups is 1. The average Bonchev–Trinajstić information content (AvgIpc) is 2.03. The third kappa shape index (κ3) is 1.97. The molecule has 0 unspecified atom stereocenters. The Bertz CT molecular complexity index is 273. The van der Waals surface area contributed by atoms with Gasteiger partial charge >= 0.3 is 0 Å². The molecule has 3 N–H and O–H groups in total. The summed E-state index contributed by atoms with van der Waals surface area (Å²) in [5.41, 5.74) is 7.44. The van der Waals surface area contributed by atoms with E-state index >= 15 is 0 Å². The summed E-state index contributed by atoms with van der Waals surface area (Å²) in [4.78, 5) is 0. The lowest BCUT2D eigenvalue weighted by molar-refractivity contribution is 0.280. The minimum absolute atomic E-state index is 0.0164. The fourth-order valence-electron chi connectivity index (χ4n) is 1.16. The van der Waals surface area contributed by atoms with Gasteiger partial charge in [-0.1, -0.05) is 17.7 Å². The molecular weight excluding hydrogens is 174 g/mol. The van der Waals surface area contributed by atoms with Crippen LogP contribution in [0.15, 0.2) is 18.2 Å². The Labute approximate surface area is 77.0 Å². The highest BCUT2D eigenvalue weighted by Crippen LogP contribution is 2.20. The highest BCUT2D eigenvalue weighted by Gasteiger charge is 2.05. The van der Waals surface area contributed by atoms with Crippen molar-refractivity contribution in [2.24, 2.45) is 5.73 Å². The Morgan fingerprint density at radius 1 is 1.58 bits per heavy atom. The molecule has 0 saturated carbocycles. The molecule has 0 aliphatic carbocycles. The van der Waals surface area contributed by atoms with Crippen molar-refractivity contribution in [3.8, 4) is 0 Å². The van der Waals surface area contributed by atoms with E-state index in [4.69, 9.17) is 22.4 Å². The van der Waals surface area contributed by atoms with Crippen molar-refractivity contribution in [3.05, 3.63) is 34.3 Å². The molecule has 0 saturated heterocycles. The normalized spacial score (nSPS) is 13.0. The van der Waals surface area contributed by atoms with E-state index in [9.17, 15) is 0 Å². The van der Waals surface area contributed by atoms with E-state index in [1.807, 2.05) is 13.0 Å². The Morgan fingerprint density at radius 2 is 2.25 bits per heavy atom. The first-order chi connectivity index (χ1) is 5.65. The molecule has 1 atom stereocenters. The van der Waals surface area contributed by atoms with Crippen LogP contribution >= 0.6 is 11.6 Å². The molecule has 2 nitrogen and oxygen atoms in total. The molecule has 12 heavy (non-hydrogen) atoms. The molecule has 0 spiro atoms. The molecule has 0 aromatic heterocycles. The molecule has 0 radical (unpaired) electrons. The van der Waals surface area contributed by atoms with Gasteiger partial charge < -0.3 is 10.8 Å². The summed E-state index contributed by atoms with van der Waals surface area (Å²) in [5, 5.41) is 9.61. The van der Waals surface area contributed by atoms with Crippen molar-refractivity contribution in [2.45, 2.75) is 19.6 Å². The fourth-order valence-corrected chi connectivity index (χ4v) is 1.35. The first-order valence-electron chi connectivity index (χ1n) is 3.80. The van der Waals surface area contributed by atoms with Gasteiger partial charge in [0, 0.05) is 11.1 Å². The van der Waals surface area contributed by atoms with E-state index < -0.39 is 0 Å². The van der Waals surface area contributed by atoms with Crippen LogP contribution in [0.2, 0.25) is 5.02 Å². The summed E-state index contributed by atoms with van der Waals surface area (Å²) in [7, 11) is 0. The molecular formula is C9H12ClNO. The molecule has 0 fully saturated rings. The van der Waals surface area contributed by atoms with E-state index in [0.717, 1.165) is 11.1 Å². The van der Waals surface area contributed by atoms with Crippen LogP contribution in [0.4, 0.5) is 0 Å². The highest BCUT2D eigenvalue weighted by atomic mass is 35.5. The molecule has 0 aliphatic rings. The standard InChI is InChI=1S/C9H12ClNO/c1-6(11)9-3-2-8(10)4-7(9)5-12/h2-4,6,12H,5,11H2,1H3/t6-/m0/s1. The quantitative estimate of drug-likeness (QED) is 0.739. The van der Waals surface area contributed by atoms with E-state index in [1.54, 1.807) is 12.1 Å². The van der Waals surface area contributed by atoms with Gasteiger partial charge in [0.25, 0.3) is 0 Å². The van der Waals surface area contributed by atoms with E-state index in [0.29, 0.717) is 5.02 Å². The van der Waals surface area contributed by atoms with E-state index in [-0.39, 0.29) is 12.6 Å². The molecule has 1 aromatic carbocycles. The number of hydrogen-bond acceptors (Lipinski definition) is 2. The summed E-state index contributed by atoms with van der Waals surface area (Å²) >= 11 is 5.75. The molecule has 0 heterocycles. The smallest absolute Gasteiger partial charge is 0.0685 e. The highest BCUT2D eigenvalue weighted by molar-refractivity contribution is 6.30. The van der Waals surface area contributed by atoms with Crippen molar-refractivity contribution in [2.75, 3.05) is 0 Å².